The lowest BCUT2D eigenvalue weighted by Gasteiger charge is -2.46. The Hall–Kier alpha value is -0.290. The van der Waals surface area contributed by atoms with E-state index in [1.165, 1.54) is 4.90 Å². The zero-order valence-corrected chi connectivity index (χ0v) is 10.4. The third kappa shape index (κ3) is 3.94. The van der Waals surface area contributed by atoms with Gasteiger partial charge in [-0.1, -0.05) is 0 Å². The quantitative estimate of drug-likeness (QED) is 0.692. The molecule has 0 aromatic carbocycles. The van der Waals surface area contributed by atoms with Gasteiger partial charge < -0.3 is 0 Å². The van der Waals surface area contributed by atoms with Crippen LogP contribution in [0.3, 0.4) is 0 Å². The monoisotopic (exact) mass is 238 g/mol. The smallest absolute Gasteiger partial charge is 0.293 e. The van der Waals surface area contributed by atoms with Crippen molar-refractivity contribution >= 4 is 0 Å². The molecule has 1 aliphatic heterocycles. The van der Waals surface area contributed by atoms with Gasteiger partial charge >= 0.3 is 6.18 Å². The van der Waals surface area contributed by atoms with Crippen molar-refractivity contribution in [3.8, 4) is 0 Å². The van der Waals surface area contributed by atoms with Gasteiger partial charge in [0.05, 0.1) is 6.54 Å². The van der Waals surface area contributed by atoms with Gasteiger partial charge in [-0.3, -0.25) is 9.80 Å². The molecule has 16 heavy (non-hydrogen) atoms. The van der Waals surface area contributed by atoms with Crippen LogP contribution in [-0.4, -0.2) is 53.7 Å². The average Bonchev–Trinajstić information content (AvgIpc) is 1.97. The molecule has 5 heteroatoms. The normalized spacial score (nSPS) is 26.1. The summed E-state index contributed by atoms with van der Waals surface area (Å²) in [4.78, 5) is 3.76. The summed E-state index contributed by atoms with van der Waals surface area (Å²) >= 11 is 0. The molecule has 1 saturated heterocycles. The molecule has 0 N–H and O–H groups in total. The van der Waals surface area contributed by atoms with Crippen molar-refractivity contribution in [1.82, 2.24) is 9.80 Å². The predicted molar refractivity (Wildman–Crippen MR) is 58.4 cm³/mol. The van der Waals surface area contributed by atoms with Crippen LogP contribution in [0.4, 0.5) is 13.2 Å². The minimum Gasteiger partial charge on any atom is -0.293 e. The predicted octanol–water partition coefficient (Wildman–Crippen LogP) is 2.35. The number of alkyl halides is 3. The first-order valence-electron chi connectivity index (χ1n) is 5.65. The molecule has 1 aliphatic rings. The standard InChI is InChI=1S/C11H21F3N2/c1-9-7-15(8-11(12,13)14)5-6-16(9)10(2,3)4/h9H,5-8H2,1-4H3/t9-/m0/s1. The molecular weight excluding hydrogens is 217 g/mol. The van der Waals surface area contributed by atoms with Crippen molar-refractivity contribution in [2.24, 2.45) is 0 Å². The van der Waals surface area contributed by atoms with Crippen LogP contribution in [0.2, 0.25) is 0 Å². The van der Waals surface area contributed by atoms with Crippen LogP contribution in [0.5, 0.6) is 0 Å². The second-order valence-electron chi connectivity index (χ2n) is 5.56. The van der Waals surface area contributed by atoms with E-state index in [1.54, 1.807) is 0 Å². The third-order valence-electron chi connectivity index (χ3n) is 2.98. The summed E-state index contributed by atoms with van der Waals surface area (Å²) in [6.07, 6.45) is -4.08. The van der Waals surface area contributed by atoms with Crippen molar-refractivity contribution in [2.45, 2.75) is 45.5 Å². The van der Waals surface area contributed by atoms with Crippen LogP contribution in [-0.2, 0) is 0 Å². The number of halogens is 3. The van der Waals surface area contributed by atoms with Crippen LogP contribution in [0.25, 0.3) is 0 Å². The number of nitrogens with zero attached hydrogens (tertiary/aromatic N) is 2. The fraction of sp³-hybridized carbons (Fsp3) is 1.00. The molecule has 0 aromatic heterocycles. The molecule has 0 aromatic rings. The number of rotatable bonds is 1. The molecule has 0 radical (unpaired) electrons. The van der Waals surface area contributed by atoms with Gasteiger partial charge in [0, 0.05) is 31.2 Å². The molecule has 1 heterocycles. The minimum absolute atomic E-state index is 0.0315. The van der Waals surface area contributed by atoms with Gasteiger partial charge in [-0.25, -0.2) is 0 Å². The van der Waals surface area contributed by atoms with E-state index in [9.17, 15) is 13.2 Å². The van der Waals surface area contributed by atoms with Gasteiger partial charge in [0.2, 0.25) is 0 Å². The van der Waals surface area contributed by atoms with E-state index in [-0.39, 0.29) is 11.6 Å². The zero-order chi connectivity index (χ0) is 12.6. The highest BCUT2D eigenvalue weighted by Crippen LogP contribution is 2.23. The molecule has 1 fully saturated rings. The number of hydrogen-bond acceptors (Lipinski definition) is 2. The molecule has 0 unspecified atom stereocenters. The Balaban J connectivity index is 2.52. The van der Waals surface area contributed by atoms with E-state index < -0.39 is 12.7 Å². The lowest BCUT2D eigenvalue weighted by Crippen LogP contribution is -2.59. The third-order valence-corrected chi connectivity index (χ3v) is 2.98. The van der Waals surface area contributed by atoms with Crippen molar-refractivity contribution in [3.63, 3.8) is 0 Å². The Bertz CT molecular complexity index is 232. The van der Waals surface area contributed by atoms with Crippen molar-refractivity contribution in [2.75, 3.05) is 26.2 Å². The minimum atomic E-state index is -4.08. The summed E-state index contributed by atoms with van der Waals surface area (Å²) in [6.45, 7) is 9.22. The number of hydrogen-bond donors (Lipinski definition) is 0. The van der Waals surface area contributed by atoms with Crippen molar-refractivity contribution < 1.29 is 13.2 Å². The van der Waals surface area contributed by atoms with Crippen molar-refractivity contribution in [3.05, 3.63) is 0 Å². The summed E-state index contributed by atoms with van der Waals surface area (Å²) in [5.41, 5.74) is 0.0315. The van der Waals surface area contributed by atoms with Crippen LogP contribution in [0.1, 0.15) is 27.7 Å². The maximum Gasteiger partial charge on any atom is 0.401 e. The molecule has 0 spiro atoms. The SMILES string of the molecule is C[C@H]1CN(CC(F)(F)F)CCN1C(C)(C)C. The fourth-order valence-corrected chi connectivity index (χ4v) is 2.43. The lowest BCUT2D eigenvalue weighted by molar-refractivity contribution is -0.153. The molecule has 0 saturated carbocycles. The second-order valence-corrected chi connectivity index (χ2v) is 5.56. The maximum absolute atomic E-state index is 12.2. The summed E-state index contributed by atoms with van der Waals surface area (Å²) in [6, 6.07) is 0.177. The van der Waals surface area contributed by atoms with Crippen molar-refractivity contribution in [1.29, 1.82) is 0 Å². The summed E-state index contributed by atoms with van der Waals surface area (Å²) in [5.74, 6) is 0. The molecule has 96 valence electrons. The van der Waals surface area contributed by atoms with E-state index in [2.05, 4.69) is 25.7 Å². The first-order valence-corrected chi connectivity index (χ1v) is 5.65. The van der Waals surface area contributed by atoms with Gasteiger partial charge in [0.25, 0.3) is 0 Å². The Morgan fingerprint density at radius 1 is 1.12 bits per heavy atom. The van der Waals surface area contributed by atoms with Crippen LogP contribution < -0.4 is 0 Å². The second kappa shape index (κ2) is 4.53. The summed E-state index contributed by atoms with van der Waals surface area (Å²) in [7, 11) is 0. The first kappa shape index (κ1) is 13.8. The largest absolute Gasteiger partial charge is 0.401 e. The first-order chi connectivity index (χ1) is 7.09. The summed E-state index contributed by atoms with van der Waals surface area (Å²) < 4.78 is 36.7. The molecule has 1 rings (SSSR count). The molecule has 0 aliphatic carbocycles. The average molecular weight is 238 g/mol. The van der Waals surface area contributed by atoms with Gasteiger partial charge in [0.15, 0.2) is 0 Å². The Labute approximate surface area is 95.4 Å². The van der Waals surface area contributed by atoms with Crippen LogP contribution in [0, 0.1) is 0 Å². The molecule has 0 amide bonds. The highest BCUT2D eigenvalue weighted by molar-refractivity contribution is 4.87. The molecule has 1 atom stereocenters. The van der Waals surface area contributed by atoms with E-state index in [0.717, 1.165) is 0 Å². The fourth-order valence-electron chi connectivity index (χ4n) is 2.43. The Kier molecular flexibility index (Phi) is 3.90. The topological polar surface area (TPSA) is 6.48 Å². The lowest BCUT2D eigenvalue weighted by atomic mass is 10.0. The molecular formula is C11H21F3N2. The molecule has 2 nitrogen and oxygen atoms in total. The van der Waals surface area contributed by atoms with Crippen LogP contribution >= 0.6 is 0 Å². The van der Waals surface area contributed by atoms with E-state index in [1.807, 2.05) is 6.92 Å². The Morgan fingerprint density at radius 3 is 2.06 bits per heavy atom. The van der Waals surface area contributed by atoms with Crippen LogP contribution in [0.15, 0.2) is 0 Å². The number of piperazine rings is 1. The molecule has 0 bridgehead atoms. The van der Waals surface area contributed by atoms with E-state index in [4.69, 9.17) is 0 Å². The zero-order valence-electron chi connectivity index (χ0n) is 10.4. The van der Waals surface area contributed by atoms with Gasteiger partial charge in [0.1, 0.15) is 0 Å². The van der Waals surface area contributed by atoms with Gasteiger partial charge in [-0.2, -0.15) is 13.2 Å². The van der Waals surface area contributed by atoms with E-state index >= 15 is 0 Å². The Morgan fingerprint density at radius 2 is 1.69 bits per heavy atom. The summed E-state index contributed by atoms with van der Waals surface area (Å²) in [5, 5.41) is 0. The highest BCUT2D eigenvalue weighted by Gasteiger charge is 2.36. The van der Waals surface area contributed by atoms with E-state index in [0.29, 0.717) is 19.6 Å². The highest BCUT2D eigenvalue weighted by atomic mass is 19.4. The van der Waals surface area contributed by atoms with Gasteiger partial charge in [-0.15, -0.1) is 0 Å². The van der Waals surface area contributed by atoms with Gasteiger partial charge in [-0.05, 0) is 27.7 Å². The maximum atomic E-state index is 12.2.